The molecule has 2 aliphatic rings. The fourth-order valence-electron chi connectivity index (χ4n) is 3.99. The summed E-state index contributed by atoms with van der Waals surface area (Å²) in [5, 5.41) is -0.613. The number of aliphatic imine (C=N–C) groups is 1. The molecule has 3 heterocycles. The summed E-state index contributed by atoms with van der Waals surface area (Å²) in [5.74, 6) is -0.153. The molecule has 0 bridgehead atoms. The van der Waals surface area contributed by atoms with E-state index in [1.165, 1.54) is 0 Å². The van der Waals surface area contributed by atoms with Crippen LogP contribution in [-0.2, 0) is 9.84 Å². The van der Waals surface area contributed by atoms with Crippen molar-refractivity contribution in [3.8, 4) is 0 Å². The molecular weight excluding hydrogens is 308 g/mol. The number of benzene rings is 1. The van der Waals surface area contributed by atoms with E-state index in [0.717, 1.165) is 11.1 Å². The Bertz CT molecular complexity index is 931. The Morgan fingerprint density at radius 3 is 2.48 bits per heavy atom. The standard InChI is InChI=1S/C18H18N2O2S/c1-11-16-13(9-10-19-11)14-17(23(16,21)22)15(20-18(14,2)3)12-7-5-4-6-8-12/h4-10,14,17H,1-3H3. The molecule has 2 aromatic rings. The minimum Gasteiger partial charge on any atom is -0.281 e. The van der Waals surface area contributed by atoms with Crippen LogP contribution in [-0.4, -0.2) is 29.9 Å². The van der Waals surface area contributed by atoms with Crippen LogP contribution in [0.2, 0.25) is 0 Å². The maximum absolute atomic E-state index is 13.2. The van der Waals surface area contributed by atoms with E-state index in [-0.39, 0.29) is 5.92 Å². The second kappa shape index (κ2) is 4.51. The van der Waals surface area contributed by atoms with Gasteiger partial charge >= 0.3 is 0 Å². The minimum absolute atomic E-state index is 0.153. The Hall–Kier alpha value is -2.01. The van der Waals surface area contributed by atoms with Gasteiger partial charge in [-0.15, -0.1) is 0 Å². The van der Waals surface area contributed by atoms with Gasteiger partial charge < -0.3 is 0 Å². The number of aromatic nitrogens is 1. The average molecular weight is 326 g/mol. The van der Waals surface area contributed by atoms with Crippen molar-refractivity contribution in [3.05, 3.63) is 59.4 Å². The first kappa shape index (κ1) is 14.6. The smallest absolute Gasteiger partial charge is 0.189 e. The fraction of sp³-hybridized carbons (Fsp3) is 0.333. The normalized spacial score (nSPS) is 26.5. The minimum atomic E-state index is -3.48. The van der Waals surface area contributed by atoms with Crippen LogP contribution in [0.5, 0.6) is 0 Å². The van der Waals surface area contributed by atoms with Gasteiger partial charge in [0.25, 0.3) is 0 Å². The molecule has 4 rings (SSSR count). The lowest BCUT2D eigenvalue weighted by atomic mass is 9.81. The maximum atomic E-state index is 13.2. The van der Waals surface area contributed by atoms with Crippen LogP contribution in [0.1, 0.15) is 36.6 Å². The summed E-state index contributed by atoms with van der Waals surface area (Å²) in [6, 6.07) is 11.5. The number of fused-ring (bicyclic) bond motifs is 3. The number of aryl methyl sites for hydroxylation is 1. The third-order valence-electron chi connectivity index (χ3n) is 4.88. The molecule has 1 aromatic carbocycles. The van der Waals surface area contributed by atoms with E-state index in [1.807, 2.05) is 50.2 Å². The Kier molecular flexibility index (Phi) is 2.86. The topological polar surface area (TPSA) is 59.4 Å². The molecule has 0 N–H and O–H groups in total. The van der Waals surface area contributed by atoms with Gasteiger partial charge in [0.2, 0.25) is 0 Å². The van der Waals surface area contributed by atoms with Crippen LogP contribution in [0.4, 0.5) is 0 Å². The molecule has 0 saturated heterocycles. The van der Waals surface area contributed by atoms with E-state index in [1.54, 1.807) is 13.1 Å². The van der Waals surface area contributed by atoms with Crippen molar-refractivity contribution in [1.82, 2.24) is 4.98 Å². The molecule has 118 valence electrons. The van der Waals surface area contributed by atoms with Gasteiger partial charge in [-0.05, 0) is 38.0 Å². The third-order valence-corrected chi connectivity index (χ3v) is 7.14. The third kappa shape index (κ3) is 1.86. The summed E-state index contributed by atoms with van der Waals surface area (Å²) in [6.45, 7) is 5.80. The van der Waals surface area contributed by atoms with Crippen LogP contribution < -0.4 is 0 Å². The summed E-state index contributed by atoms with van der Waals surface area (Å²) < 4.78 is 26.5. The maximum Gasteiger partial charge on any atom is 0.189 e. The summed E-state index contributed by atoms with van der Waals surface area (Å²) in [5.41, 5.74) is 2.55. The molecule has 5 heteroatoms. The highest BCUT2D eigenvalue weighted by Gasteiger charge is 2.58. The monoisotopic (exact) mass is 326 g/mol. The highest BCUT2D eigenvalue weighted by molar-refractivity contribution is 7.93. The zero-order chi connectivity index (χ0) is 16.4. The highest BCUT2D eigenvalue weighted by Crippen LogP contribution is 2.53. The first-order chi connectivity index (χ1) is 10.8. The zero-order valence-electron chi connectivity index (χ0n) is 13.3. The van der Waals surface area contributed by atoms with Gasteiger partial charge in [-0.25, -0.2) is 8.42 Å². The molecule has 0 saturated carbocycles. The second-order valence-electron chi connectivity index (χ2n) is 6.77. The van der Waals surface area contributed by atoms with Gasteiger partial charge in [-0.1, -0.05) is 30.3 Å². The van der Waals surface area contributed by atoms with Crippen LogP contribution in [0, 0.1) is 6.92 Å². The van der Waals surface area contributed by atoms with Gasteiger partial charge in [0, 0.05) is 12.1 Å². The Labute approximate surface area is 136 Å². The van der Waals surface area contributed by atoms with Crippen molar-refractivity contribution in [2.45, 2.75) is 42.4 Å². The largest absolute Gasteiger partial charge is 0.281 e. The molecular formula is C18H18N2O2S. The number of nitrogens with zero attached hydrogens (tertiary/aromatic N) is 2. The van der Waals surface area contributed by atoms with E-state index < -0.39 is 20.6 Å². The number of hydrogen-bond donors (Lipinski definition) is 0. The van der Waals surface area contributed by atoms with Gasteiger partial charge in [0.05, 0.1) is 21.8 Å². The Morgan fingerprint density at radius 2 is 1.78 bits per heavy atom. The van der Waals surface area contributed by atoms with Crippen molar-refractivity contribution in [2.75, 3.05) is 0 Å². The number of sulfone groups is 1. The van der Waals surface area contributed by atoms with Gasteiger partial charge in [0.1, 0.15) is 5.25 Å². The van der Waals surface area contributed by atoms with E-state index in [4.69, 9.17) is 4.99 Å². The first-order valence-corrected chi connectivity index (χ1v) is 9.23. The average Bonchev–Trinajstić information content (AvgIpc) is 2.93. The molecule has 2 unspecified atom stereocenters. The van der Waals surface area contributed by atoms with Crippen molar-refractivity contribution in [3.63, 3.8) is 0 Å². The SMILES string of the molecule is Cc1nccc2c1S(=O)(=O)C1C(c3ccccc3)=NC(C)(C)C21. The Balaban J connectivity index is 2.00. The van der Waals surface area contributed by atoms with Crippen LogP contribution in [0.15, 0.2) is 52.5 Å². The summed E-state index contributed by atoms with van der Waals surface area (Å²) in [7, 11) is -3.48. The number of hydrogen-bond acceptors (Lipinski definition) is 4. The van der Waals surface area contributed by atoms with Gasteiger partial charge in [0.15, 0.2) is 9.84 Å². The molecule has 0 spiro atoms. The lowest BCUT2D eigenvalue weighted by Gasteiger charge is -2.24. The zero-order valence-corrected chi connectivity index (χ0v) is 14.1. The van der Waals surface area contributed by atoms with Crippen molar-refractivity contribution in [2.24, 2.45) is 4.99 Å². The molecule has 0 aliphatic carbocycles. The Morgan fingerprint density at radius 1 is 1.09 bits per heavy atom. The second-order valence-corrected chi connectivity index (χ2v) is 8.78. The molecule has 0 fully saturated rings. The van der Waals surface area contributed by atoms with E-state index >= 15 is 0 Å². The van der Waals surface area contributed by atoms with Gasteiger partial charge in [-0.2, -0.15) is 0 Å². The van der Waals surface area contributed by atoms with E-state index in [2.05, 4.69) is 4.98 Å². The summed E-state index contributed by atoms with van der Waals surface area (Å²) in [4.78, 5) is 9.43. The molecule has 2 atom stereocenters. The van der Waals surface area contributed by atoms with Gasteiger partial charge in [-0.3, -0.25) is 9.98 Å². The lowest BCUT2D eigenvalue weighted by molar-refractivity contribution is 0.454. The summed E-state index contributed by atoms with van der Waals surface area (Å²) >= 11 is 0. The molecule has 0 radical (unpaired) electrons. The van der Waals surface area contributed by atoms with Crippen LogP contribution in [0.3, 0.4) is 0 Å². The summed E-state index contributed by atoms with van der Waals surface area (Å²) in [6.07, 6.45) is 1.70. The molecule has 4 nitrogen and oxygen atoms in total. The molecule has 1 aromatic heterocycles. The van der Waals surface area contributed by atoms with Crippen molar-refractivity contribution in [1.29, 1.82) is 0 Å². The van der Waals surface area contributed by atoms with Crippen LogP contribution >= 0.6 is 0 Å². The quantitative estimate of drug-likeness (QED) is 0.809. The predicted octanol–water partition coefficient (Wildman–Crippen LogP) is 2.91. The van der Waals surface area contributed by atoms with E-state index in [9.17, 15) is 8.42 Å². The number of pyridine rings is 1. The fourth-order valence-corrected chi connectivity index (χ4v) is 6.56. The first-order valence-electron chi connectivity index (χ1n) is 7.68. The molecule has 23 heavy (non-hydrogen) atoms. The number of rotatable bonds is 1. The highest BCUT2D eigenvalue weighted by atomic mass is 32.2. The molecule has 2 aliphatic heterocycles. The van der Waals surface area contributed by atoms with Crippen molar-refractivity contribution >= 4 is 15.5 Å². The van der Waals surface area contributed by atoms with E-state index in [0.29, 0.717) is 16.3 Å². The predicted molar refractivity (Wildman–Crippen MR) is 89.7 cm³/mol. The van der Waals surface area contributed by atoms with Crippen molar-refractivity contribution < 1.29 is 8.42 Å². The van der Waals surface area contributed by atoms with Crippen LogP contribution in [0.25, 0.3) is 0 Å². The molecule has 0 amide bonds. The lowest BCUT2D eigenvalue weighted by Crippen LogP contribution is -2.32.